The Bertz CT molecular complexity index is 1260. The van der Waals surface area contributed by atoms with Gasteiger partial charge in [-0.3, -0.25) is 9.78 Å². The van der Waals surface area contributed by atoms with Crippen molar-refractivity contribution in [1.82, 2.24) is 20.2 Å². The molecule has 0 radical (unpaired) electrons. The molecule has 1 aliphatic heterocycles. The van der Waals surface area contributed by atoms with Crippen LogP contribution in [-0.2, 0) is 4.79 Å². The predicted molar refractivity (Wildman–Crippen MR) is 126 cm³/mol. The summed E-state index contributed by atoms with van der Waals surface area (Å²) in [5, 5.41) is 16.7. The molecular formula is C23H19N5O3S2. The number of pyridine rings is 1. The minimum atomic E-state index is -0.185. The van der Waals surface area contributed by atoms with Crippen molar-refractivity contribution in [3.63, 3.8) is 0 Å². The molecular weight excluding hydrogens is 458 g/mol. The third kappa shape index (κ3) is 4.67. The van der Waals surface area contributed by atoms with Crippen LogP contribution in [0, 0.1) is 0 Å². The highest BCUT2D eigenvalue weighted by molar-refractivity contribution is 7.99. The van der Waals surface area contributed by atoms with E-state index in [0.29, 0.717) is 17.5 Å². The van der Waals surface area contributed by atoms with Crippen molar-refractivity contribution < 1.29 is 13.9 Å². The molecule has 0 bridgehead atoms. The van der Waals surface area contributed by atoms with E-state index >= 15 is 0 Å². The number of hydrogen-bond donors (Lipinski definition) is 0. The van der Waals surface area contributed by atoms with Crippen LogP contribution < -0.4 is 4.74 Å². The lowest BCUT2D eigenvalue weighted by Gasteiger charge is -2.22. The number of hydrazone groups is 1. The van der Waals surface area contributed by atoms with Gasteiger partial charge in [-0.1, -0.05) is 30.0 Å². The van der Waals surface area contributed by atoms with Crippen molar-refractivity contribution in [2.24, 2.45) is 5.10 Å². The van der Waals surface area contributed by atoms with Crippen molar-refractivity contribution in [1.29, 1.82) is 0 Å². The van der Waals surface area contributed by atoms with Crippen LogP contribution in [0.15, 0.2) is 81.0 Å². The van der Waals surface area contributed by atoms with Crippen molar-refractivity contribution >= 4 is 34.7 Å². The van der Waals surface area contributed by atoms with Crippen molar-refractivity contribution in [2.45, 2.75) is 17.7 Å². The van der Waals surface area contributed by atoms with Gasteiger partial charge in [-0.2, -0.15) is 5.10 Å². The number of aromatic nitrogens is 3. The lowest BCUT2D eigenvalue weighted by Crippen LogP contribution is -2.28. The van der Waals surface area contributed by atoms with Crippen LogP contribution in [0.2, 0.25) is 0 Å². The van der Waals surface area contributed by atoms with E-state index in [1.165, 1.54) is 11.8 Å². The van der Waals surface area contributed by atoms with E-state index in [4.69, 9.17) is 9.15 Å². The molecule has 0 saturated heterocycles. The molecule has 0 N–H and O–H groups in total. The summed E-state index contributed by atoms with van der Waals surface area (Å²) in [6.45, 7) is 0. The first kappa shape index (κ1) is 21.4. The maximum absolute atomic E-state index is 13.2. The van der Waals surface area contributed by atoms with E-state index in [1.807, 2.05) is 47.8 Å². The quantitative estimate of drug-likeness (QED) is 0.357. The monoisotopic (exact) mass is 477 g/mol. The van der Waals surface area contributed by atoms with Crippen molar-refractivity contribution in [3.8, 4) is 17.2 Å². The third-order valence-corrected chi connectivity index (χ3v) is 6.83. The van der Waals surface area contributed by atoms with Crippen LogP contribution in [0.25, 0.3) is 11.5 Å². The zero-order valence-corrected chi connectivity index (χ0v) is 19.3. The van der Waals surface area contributed by atoms with Crippen LogP contribution in [0.1, 0.15) is 22.9 Å². The fourth-order valence-electron chi connectivity index (χ4n) is 3.48. The molecule has 1 amide bonds. The number of amides is 1. The maximum Gasteiger partial charge on any atom is 0.277 e. The number of hydrogen-bond acceptors (Lipinski definition) is 9. The van der Waals surface area contributed by atoms with Gasteiger partial charge < -0.3 is 9.15 Å². The smallest absolute Gasteiger partial charge is 0.277 e. The van der Waals surface area contributed by atoms with Crippen LogP contribution in [0.5, 0.6) is 5.75 Å². The molecule has 8 nitrogen and oxygen atoms in total. The second kappa shape index (κ2) is 9.55. The zero-order valence-electron chi connectivity index (χ0n) is 17.6. The summed E-state index contributed by atoms with van der Waals surface area (Å²) in [6.07, 6.45) is 3.97. The number of benzene rings is 1. The van der Waals surface area contributed by atoms with Gasteiger partial charge in [-0.15, -0.1) is 21.5 Å². The molecule has 3 aromatic heterocycles. The van der Waals surface area contributed by atoms with Gasteiger partial charge in [0, 0.05) is 18.8 Å². The van der Waals surface area contributed by atoms with Crippen LogP contribution in [0.4, 0.5) is 0 Å². The zero-order chi connectivity index (χ0) is 22.6. The van der Waals surface area contributed by atoms with Gasteiger partial charge in [0.15, 0.2) is 0 Å². The average Bonchev–Trinajstić information content (AvgIpc) is 3.64. The molecule has 0 spiro atoms. The van der Waals surface area contributed by atoms with Gasteiger partial charge in [0.05, 0.1) is 35.1 Å². The molecule has 166 valence electrons. The molecule has 5 rings (SSSR count). The van der Waals surface area contributed by atoms with Gasteiger partial charge in [0.25, 0.3) is 11.1 Å². The number of nitrogens with zero attached hydrogens (tertiary/aromatic N) is 5. The van der Waals surface area contributed by atoms with E-state index in [0.717, 1.165) is 27.5 Å². The van der Waals surface area contributed by atoms with Gasteiger partial charge in [0.1, 0.15) is 5.75 Å². The molecule has 33 heavy (non-hydrogen) atoms. The molecule has 4 heterocycles. The Morgan fingerprint density at radius 2 is 2.09 bits per heavy atom. The van der Waals surface area contributed by atoms with E-state index in [-0.39, 0.29) is 17.7 Å². The van der Waals surface area contributed by atoms with Crippen LogP contribution in [0.3, 0.4) is 0 Å². The van der Waals surface area contributed by atoms with E-state index in [9.17, 15) is 4.79 Å². The van der Waals surface area contributed by atoms with Crippen LogP contribution in [-0.4, -0.2) is 44.7 Å². The largest absolute Gasteiger partial charge is 0.497 e. The molecule has 10 heteroatoms. The highest BCUT2D eigenvalue weighted by atomic mass is 32.2. The Morgan fingerprint density at radius 1 is 1.21 bits per heavy atom. The van der Waals surface area contributed by atoms with E-state index < -0.39 is 0 Å². The first-order chi connectivity index (χ1) is 16.2. The predicted octanol–water partition coefficient (Wildman–Crippen LogP) is 4.67. The summed E-state index contributed by atoms with van der Waals surface area (Å²) < 4.78 is 11.0. The summed E-state index contributed by atoms with van der Waals surface area (Å²) in [6, 6.07) is 15.2. The molecule has 1 aromatic carbocycles. The Hall–Kier alpha value is -3.50. The fourth-order valence-corrected chi connectivity index (χ4v) is 4.82. The minimum absolute atomic E-state index is 0.128. The topological polar surface area (TPSA) is 93.7 Å². The lowest BCUT2D eigenvalue weighted by molar-refractivity contribution is -0.130. The molecule has 1 aliphatic rings. The first-order valence-electron chi connectivity index (χ1n) is 10.2. The Kier molecular flexibility index (Phi) is 6.18. The van der Waals surface area contributed by atoms with Gasteiger partial charge in [-0.05, 0) is 41.3 Å². The maximum atomic E-state index is 13.2. The number of rotatable bonds is 7. The third-order valence-electron chi connectivity index (χ3n) is 5.11. The number of ether oxygens (including phenoxy) is 1. The first-order valence-corrected chi connectivity index (χ1v) is 12.0. The van der Waals surface area contributed by atoms with E-state index in [1.54, 1.807) is 41.9 Å². The molecule has 0 fully saturated rings. The number of thiophene rings is 1. The van der Waals surface area contributed by atoms with Crippen molar-refractivity contribution in [3.05, 3.63) is 76.7 Å². The minimum Gasteiger partial charge on any atom is -0.497 e. The summed E-state index contributed by atoms with van der Waals surface area (Å²) in [5.74, 6) is 1.13. The SMILES string of the molecule is COc1ccc([C@H]2CC(c3cccs3)=NN2C(=O)CSc2nnc(-c3cccnc3)o2)cc1. The standard InChI is InChI=1S/C23H19N5O3S2/c1-30-17-8-6-15(7-9-17)19-12-18(20-5-3-11-32-20)27-28(19)21(29)14-33-23-26-25-22(31-23)16-4-2-10-24-13-16/h2-11,13,19H,12,14H2,1H3/t19-/m1/s1. The Morgan fingerprint density at radius 3 is 2.82 bits per heavy atom. The normalized spacial score (nSPS) is 15.5. The summed E-state index contributed by atoms with van der Waals surface area (Å²) in [4.78, 5) is 18.3. The molecule has 1 atom stereocenters. The summed E-state index contributed by atoms with van der Waals surface area (Å²) in [7, 11) is 1.63. The second-order valence-corrected chi connectivity index (χ2v) is 9.03. The number of carbonyl (C=O) groups is 1. The van der Waals surface area contributed by atoms with Crippen molar-refractivity contribution in [2.75, 3.05) is 12.9 Å². The number of thioether (sulfide) groups is 1. The van der Waals surface area contributed by atoms with Gasteiger partial charge >= 0.3 is 0 Å². The summed E-state index contributed by atoms with van der Waals surface area (Å²) >= 11 is 2.81. The van der Waals surface area contributed by atoms with Crippen LogP contribution >= 0.6 is 23.1 Å². The number of carbonyl (C=O) groups excluding carboxylic acids is 1. The average molecular weight is 478 g/mol. The van der Waals surface area contributed by atoms with E-state index in [2.05, 4.69) is 20.3 Å². The Balaban J connectivity index is 1.33. The highest BCUT2D eigenvalue weighted by Crippen LogP contribution is 2.35. The highest BCUT2D eigenvalue weighted by Gasteiger charge is 2.33. The molecule has 0 saturated carbocycles. The lowest BCUT2D eigenvalue weighted by atomic mass is 10.0. The summed E-state index contributed by atoms with van der Waals surface area (Å²) in [5.41, 5.74) is 2.63. The molecule has 0 aliphatic carbocycles. The molecule has 0 unspecified atom stereocenters. The number of methoxy groups -OCH3 is 1. The second-order valence-electron chi connectivity index (χ2n) is 7.16. The molecule has 4 aromatic rings. The van der Waals surface area contributed by atoms with Gasteiger partial charge in [-0.25, -0.2) is 5.01 Å². The fraction of sp³-hybridized carbons (Fsp3) is 0.174. The van der Waals surface area contributed by atoms with Gasteiger partial charge in [0.2, 0.25) is 5.89 Å². The Labute approximate surface area is 198 Å².